The number of phenolic OH excluding ortho intramolecular Hbond substituents is 1. The van der Waals surface area contributed by atoms with Gasteiger partial charge in [-0.3, -0.25) is 0 Å². The van der Waals surface area contributed by atoms with E-state index in [9.17, 15) is 30.6 Å². The van der Waals surface area contributed by atoms with Gasteiger partial charge in [-0.1, -0.05) is 18.2 Å². The van der Waals surface area contributed by atoms with Crippen molar-refractivity contribution in [3.05, 3.63) is 29.8 Å². The van der Waals surface area contributed by atoms with Gasteiger partial charge in [-0.15, -0.1) is 0 Å². The van der Waals surface area contributed by atoms with Crippen molar-refractivity contribution in [3.63, 3.8) is 0 Å². The summed E-state index contributed by atoms with van der Waals surface area (Å²) in [6, 6.07) is 4.75. The third-order valence-corrected chi connectivity index (χ3v) is 5.46. The highest BCUT2D eigenvalue weighted by atomic mass is 16.7. The van der Waals surface area contributed by atoms with Crippen molar-refractivity contribution in [2.75, 3.05) is 26.9 Å². The second-order valence-corrected chi connectivity index (χ2v) is 7.72. The molecule has 0 bridgehead atoms. The van der Waals surface area contributed by atoms with Crippen LogP contribution in [0.1, 0.15) is 5.56 Å². The first-order valence-corrected chi connectivity index (χ1v) is 10.4. The molecule has 0 spiro atoms. The lowest BCUT2D eigenvalue weighted by molar-refractivity contribution is -0.307. The molecule has 33 heavy (non-hydrogen) atoms. The highest BCUT2D eigenvalue weighted by Gasteiger charge is 2.47. The third-order valence-electron chi connectivity index (χ3n) is 5.46. The van der Waals surface area contributed by atoms with E-state index in [0.717, 1.165) is 5.56 Å². The van der Waals surface area contributed by atoms with Gasteiger partial charge >= 0.3 is 0 Å². The Labute approximate surface area is 189 Å². The topological polar surface area (TPSA) is 188 Å². The minimum absolute atomic E-state index is 0.00217. The van der Waals surface area contributed by atoms with E-state index in [2.05, 4.69) is 0 Å². The summed E-state index contributed by atoms with van der Waals surface area (Å²) in [6.07, 6.45) is -8.84. The van der Waals surface area contributed by atoms with Crippen molar-refractivity contribution in [2.24, 2.45) is 0 Å². The highest BCUT2D eigenvalue weighted by Crippen LogP contribution is 2.28. The van der Waals surface area contributed by atoms with Crippen LogP contribution in [0.4, 0.5) is 0 Å². The molecular formula is C21H30O12. The van der Waals surface area contributed by atoms with Crippen LogP contribution in [0.2, 0.25) is 0 Å². The van der Waals surface area contributed by atoms with Gasteiger partial charge in [0.1, 0.15) is 42.7 Å². The number of hydrogen-bond acceptors (Lipinski definition) is 12. The molecule has 1 aromatic rings. The summed E-state index contributed by atoms with van der Waals surface area (Å²) in [5.41, 5.74) is 0.721. The maximum atomic E-state index is 10.2. The van der Waals surface area contributed by atoms with Crippen molar-refractivity contribution in [1.29, 1.82) is 0 Å². The van der Waals surface area contributed by atoms with Crippen LogP contribution >= 0.6 is 0 Å². The second-order valence-electron chi connectivity index (χ2n) is 7.72. The number of rotatable bonds is 9. The van der Waals surface area contributed by atoms with E-state index in [0.29, 0.717) is 5.75 Å². The fourth-order valence-corrected chi connectivity index (χ4v) is 3.52. The monoisotopic (exact) mass is 474 g/mol. The Morgan fingerprint density at radius 3 is 2.18 bits per heavy atom. The van der Waals surface area contributed by atoms with Crippen LogP contribution in [0.5, 0.6) is 11.5 Å². The molecule has 2 heterocycles. The van der Waals surface area contributed by atoms with Gasteiger partial charge in [0.05, 0.1) is 26.9 Å². The number of hydrogen-bond donors (Lipinski definition) is 7. The Bertz CT molecular complexity index is 789. The number of benzene rings is 1. The minimum Gasteiger partial charge on any atom is -0.504 e. The highest BCUT2D eigenvalue weighted by molar-refractivity contribution is 5.55. The predicted octanol–water partition coefficient (Wildman–Crippen LogP) is -2.31. The van der Waals surface area contributed by atoms with E-state index in [-0.39, 0.29) is 19.0 Å². The van der Waals surface area contributed by atoms with E-state index in [1.807, 2.05) is 0 Å². The molecule has 0 aromatic heterocycles. The molecule has 9 atom stereocenters. The predicted molar refractivity (Wildman–Crippen MR) is 110 cm³/mol. The van der Waals surface area contributed by atoms with E-state index in [1.165, 1.54) is 13.2 Å². The molecule has 186 valence electrons. The van der Waals surface area contributed by atoms with Crippen molar-refractivity contribution in [1.82, 2.24) is 0 Å². The first-order valence-electron chi connectivity index (χ1n) is 10.4. The van der Waals surface area contributed by atoms with E-state index < -0.39 is 61.9 Å². The second kappa shape index (κ2) is 11.5. The molecule has 0 radical (unpaired) electrons. The number of aromatic hydroxyl groups is 1. The molecule has 0 saturated carbocycles. The van der Waals surface area contributed by atoms with Crippen molar-refractivity contribution in [3.8, 4) is 11.5 Å². The van der Waals surface area contributed by atoms with Gasteiger partial charge in [-0.05, 0) is 17.7 Å². The third kappa shape index (κ3) is 6.00. The molecule has 2 aliphatic rings. The molecule has 0 aliphatic carbocycles. The summed E-state index contributed by atoms with van der Waals surface area (Å²) in [5, 5.41) is 69.0. The summed E-state index contributed by atoms with van der Waals surface area (Å²) in [7, 11) is 1.43. The molecule has 7 N–H and O–H groups in total. The Kier molecular flexibility index (Phi) is 9.01. The number of methoxy groups -OCH3 is 1. The molecule has 3 rings (SSSR count). The van der Waals surface area contributed by atoms with Gasteiger partial charge in [0, 0.05) is 0 Å². The van der Waals surface area contributed by atoms with Crippen LogP contribution in [0.15, 0.2) is 24.3 Å². The molecule has 12 nitrogen and oxygen atoms in total. The zero-order valence-electron chi connectivity index (χ0n) is 17.9. The molecule has 1 aromatic carbocycles. The fraction of sp³-hybridized carbons (Fsp3) is 0.619. The number of aliphatic hydroxyl groups is 6. The molecule has 0 amide bonds. The van der Waals surface area contributed by atoms with Gasteiger partial charge in [-0.2, -0.15) is 0 Å². The van der Waals surface area contributed by atoms with Crippen molar-refractivity contribution in [2.45, 2.75) is 55.3 Å². The summed E-state index contributed by atoms with van der Waals surface area (Å²) in [4.78, 5) is 0. The lowest BCUT2D eigenvalue weighted by atomic mass is 9.99. The number of phenols is 1. The van der Waals surface area contributed by atoms with Crippen LogP contribution in [0.3, 0.4) is 0 Å². The van der Waals surface area contributed by atoms with Gasteiger partial charge < -0.3 is 59.4 Å². The van der Waals surface area contributed by atoms with Gasteiger partial charge in [0.25, 0.3) is 0 Å². The van der Waals surface area contributed by atoms with Gasteiger partial charge in [0.2, 0.25) is 0 Å². The average Bonchev–Trinajstić information content (AvgIpc) is 3.09. The average molecular weight is 474 g/mol. The molecule has 0 unspecified atom stereocenters. The first kappa shape index (κ1) is 25.8. The van der Waals surface area contributed by atoms with E-state index in [4.69, 9.17) is 28.8 Å². The van der Waals surface area contributed by atoms with E-state index in [1.54, 1.807) is 24.3 Å². The first-order chi connectivity index (χ1) is 15.8. The standard InChI is InChI=1S/C21H30O12/c1-29-12-7-10(4-5-11(12)23)3-2-6-30-20-19(28)17(26)16(25)14(33-20)9-31-21-18(27)15(24)13(8-22)32-21/h2-5,7,13-28H,6,8-9H2,1H3/b3-2+/t13-,14-,15-,16-,17+,18-,19-,20-,21-/m1/s1. The largest absolute Gasteiger partial charge is 0.504 e. The summed E-state index contributed by atoms with van der Waals surface area (Å²) >= 11 is 0. The van der Waals surface area contributed by atoms with Crippen LogP contribution in [0.25, 0.3) is 6.08 Å². The van der Waals surface area contributed by atoms with Crippen LogP contribution in [-0.2, 0) is 18.9 Å². The molecule has 12 heteroatoms. The number of ether oxygens (including phenoxy) is 5. The Hall–Kier alpha value is -1.84. The maximum Gasteiger partial charge on any atom is 0.187 e. The Morgan fingerprint density at radius 1 is 0.879 bits per heavy atom. The molecule has 2 saturated heterocycles. The van der Waals surface area contributed by atoms with E-state index >= 15 is 0 Å². The zero-order chi connectivity index (χ0) is 24.1. The molecule has 2 aliphatic heterocycles. The number of aliphatic hydroxyl groups excluding tert-OH is 6. The molecular weight excluding hydrogens is 444 g/mol. The molecule has 2 fully saturated rings. The Morgan fingerprint density at radius 2 is 1.52 bits per heavy atom. The van der Waals surface area contributed by atoms with Gasteiger partial charge in [-0.25, -0.2) is 0 Å². The Balaban J connectivity index is 1.53. The quantitative estimate of drug-likeness (QED) is 0.203. The summed E-state index contributed by atoms with van der Waals surface area (Å²) < 4.78 is 26.6. The maximum absolute atomic E-state index is 10.2. The van der Waals surface area contributed by atoms with Crippen molar-refractivity contribution >= 4 is 6.08 Å². The normalized spacial score (nSPS) is 37.0. The zero-order valence-corrected chi connectivity index (χ0v) is 17.9. The van der Waals surface area contributed by atoms with Gasteiger partial charge in [0.15, 0.2) is 24.1 Å². The fourth-order valence-electron chi connectivity index (χ4n) is 3.52. The lowest BCUT2D eigenvalue weighted by Gasteiger charge is -2.40. The summed E-state index contributed by atoms with van der Waals surface area (Å²) in [5.74, 6) is 0.306. The minimum atomic E-state index is -1.59. The lowest BCUT2D eigenvalue weighted by Crippen LogP contribution is -2.59. The summed E-state index contributed by atoms with van der Waals surface area (Å²) in [6.45, 7) is -0.900. The van der Waals surface area contributed by atoms with Crippen LogP contribution < -0.4 is 4.74 Å². The van der Waals surface area contributed by atoms with Crippen LogP contribution in [-0.4, -0.2) is 118 Å². The smallest absolute Gasteiger partial charge is 0.187 e. The SMILES string of the molecule is COc1cc(/C=C/CO[C@@H]2O[C@H](CO[C@@H]3O[C@H](CO)[C@@H](O)[C@H]3O)[C@@H](O)[C@H](O)[C@H]2O)ccc1O. The van der Waals surface area contributed by atoms with Crippen LogP contribution in [0, 0.1) is 0 Å². The van der Waals surface area contributed by atoms with Crippen molar-refractivity contribution < 1.29 is 59.4 Å².